The molecule has 0 spiro atoms. The summed E-state index contributed by atoms with van der Waals surface area (Å²) in [5, 5.41) is 11.8. The molecule has 0 saturated heterocycles. The largest absolute Gasteiger partial charge is 0.477 e. The standard InChI is InChI=1S/C12H17N3O3/c1-3-4-6-18-7-5-13-12-14-9(2)8-10(15-12)11(16)17/h3,8H,1,4-7H2,2H3,(H,16,17)(H,13,14,15). The minimum absolute atomic E-state index is 0.0161. The van der Waals surface area contributed by atoms with Crippen LogP contribution in [0, 0.1) is 6.92 Å². The van der Waals surface area contributed by atoms with Gasteiger partial charge in [-0.15, -0.1) is 6.58 Å². The van der Waals surface area contributed by atoms with E-state index in [-0.39, 0.29) is 5.69 Å². The van der Waals surface area contributed by atoms with Gasteiger partial charge in [-0.05, 0) is 19.4 Å². The van der Waals surface area contributed by atoms with Crippen LogP contribution in [0.5, 0.6) is 0 Å². The normalized spacial score (nSPS) is 10.1. The average Bonchev–Trinajstić information content (AvgIpc) is 2.33. The Labute approximate surface area is 106 Å². The summed E-state index contributed by atoms with van der Waals surface area (Å²) in [7, 11) is 0. The van der Waals surface area contributed by atoms with Gasteiger partial charge in [-0.3, -0.25) is 0 Å². The number of nitrogens with zero attached hydrogens (tertiary/aromatic N) is 2. The number of aryl methyl sites for hydroxylation is 1. The molecule has 0 atom stereocenters. The van der Waals surface area contributed by atoms with Crippen LogP contribution >= 0.6 is 0 Å². The van der Waals surface area contributed by atoms with E-state index in [4.69, 9.17) is 9.84 Å². The van der Waals surface area contributed by atoms with E-state index in [0.29, 0.717) is 31.4 Å². The van der Waals surface area contributed by atoms with Crippen LogP contribution in [0.4, 0.5) is 5.95 Å². The first-order valence-corrected chi connectivity index (χ1v) is 5.65. The van der Waals surface area contributed by atoms with Crippen LogP contribution in [-0.4, -0.2) is 40.8 Å². The van der Waals surface area contributed by atoms with Gasteiger partial charge in [-0.2, -0.15) is 0 Å². The third kappa shape index (κ3) is 4.92. The van der Waals surface area contributed by atoms with E-state index in [1.165, 1.54) is 6.07 Å². The Morgan fingerprint density at radius 3 is 3.00 bits per heavy atom. The van der Waals surface area contributed by atoms with E-state index in [9.17, 15) is 4.79 Å². The van der Waals surface area contributed by atoms with Gasteiger partial charge in [0.1, 0.15) is 0 Å². The van der Waals surface area contributed by atoms with E-state index >= 15 is 0 Å². The van der Waals surface area contributed by atoms with Gasteiger partial charge in [0, 0.05) is 12.2 Å². The zero-order chi connectivity index (χ0) is 13.4. The van der Waals surface area contributed by atoms with Gasteiger partial charge >= 0.3 is 5.97 Å². The molecule has 98 valence electrons. The number of ether oxygens (including phenoxy) is 1. The molecule has 0 radical (unpaired) electrons. The van der Waals surface area contributed by atoms with Crippen molar-refractivity contribution >= 4 is 11.9 Å². The molecule has 0 saturated carbocycles. The number of rotatable bonds is 8. The maximum Gasteiger partial charge on any atom is 0.354 e. The number of carboxylic acid groups (broad SMARTS) is 1. The third-order valence-corrected chi connectivity index (χ3v) is 2.07. The zero-order valence-electron chi connectivity index (χ0n) is 10.3. The van der Waals surface area contributed by atoms with Crippen LogP contribution < -0.4 is 5.32 Å². The van der Waals surface area contributed by atoms with Crippen molar-refractivity contribution in [1.82, 2.24) is 9.97 Å². The molecule has 0 aliphatic carbocycles. The molecule has 2 N–H and O–H groups in total. The first-order valence-electron chi connectivity index (χ1n) is 5.65. The first-order chi connectivity index (χ1) is 8.63. The molecule has 1 aromatic rings. The molecule has 0 fully saturated rings. The lowest BCUT2D eigenvalue weighted by Crippen LogP contribution is -2.14. The smallest absolute Gasteiger partial charge is 0.354 e. The Kier molecular flexibility index (Phi) is 5.79. The molecule has 0 unspecified atom stereocenters. The Hall–Kier alpha value is -1.95. The lowest BCUT2D eigenvalue weighted by molar-refractivity contribution is 0.0690. The van der Waals surface area contributed by atoms with Crippen LogP contribution in [0.2, 0.25) is 0 Å². The summed E-state index contributed by atoms with van der Waals surface area (Å²) in [6.07, 6.45) is 2.60. The van der Waals surface area contributed by atoms with Crippen LogP contribution in [0.25, 0.3) is 0 Å². The van der Waals surface area contributed by atoms with Crippen molar-refractivity contribution in [3.63, 3.8) is 0 Å². The number of aromatic nitrogens is 2. The average molecular weight is 251 g/mol. The molecule has 1 aromatic heterocycles. The summed E-state index contributed by atoms with van der Waals surface area (Å²) in [5.74, 6) is -0.759. The van der Waals surface area contributed by atoms with Crippen LogP contribution in [0.15, 0.2) is 18.7 Å². The molecule has 0 aromatic carbocycles. The fourth-order valence-electron chi connectivity index (χ4n) is 1.26. The fourth-order valence-corrected chi connectivity index (χ4v) is 1.26. The molecule has 6 heteroatoms. The molecule has 18 heavy (non-hydrogen) atoms. The molecule has 6 nitrogen and oxygen atoms in total. The van der Waals surface area contributed by atoms with Gasteiger partial charge in [0.15, 0.2) is 5.69 Å². The lowest BCUT2D eigenvalue weighted by Gasteiger charge is -2.06. The number of carboxylic acids is 1. The van der Waals surface area contributed by atoms with Crippen LogP contribution in [0.1, 0.15) is 22.6 Å². The number of hydrogen-bond donors (Lipinski definition) is 2. The molecular weight excluding hydrogens is 234 g/mol. The van der Waals surface area contributed by atoms with E-state index in [1.54, 1.807) is 13.0 Å². The predicted octanol–water partition coefficient (Wildman–Crippen LogP) is 1.49. The highest BCUT2D eigenvalue weighted by Crippen LogP contribution is 2.04. The maximum absolute atomic E-state index is 10.8. The Bertz CT molecular complexity index is 421. The number of aromatic carboxylic acids is 1. The Morgan fingerprint density at radius 2 is 2.33 bits per heavy atom. The van der Waals surface area contributed by atoms with Gasteiger partial charge in [0.05, 0.1) is 13.2 Å². The minimum atomic E-state index is -1.06. The van der Waals surface area contributed by atoms with E-state index in [1.807, 2.05) is 0 Å². The molecule has 0 aliphatic heterocycles. The SMILES string of the molecule is C=CCCOCCNc1nc(C)cc(C(=O)O)n1. The quantitative estimate of drug-likeness (QED) is 0.538. The summed E-state index contributed by atoms with van der Waals surface area (Å²) in [4.78, 5) is 18.8. The van der Waals surface area contributed by atoms with E-state index < -0.39 is 5.97 Å². The second-order valence-corrected chi connectivity index (χ2v) is 3.64. The van der Waals surface area contributed by atoms with Crippen LogP contribution in [-0.2, 0) is 4.74 Å². The summed E-state index contributed by atoms with van der Waals surface area (Å²) in [6.45, 7) is 6.97. The van der Waals surface area contributed by atoms with Crippen molar-refractivity contribution < 1.29 is 14.6 Å². The van der Waals surface area contributed by atoms with E-state index in [2.05, 4.69) is 21.9 Å². The number of carbonyl (C=O) groups is 1. The van der Waals surface area contributed by atoms with E-state index in [0.717, 1.165) is 6.42 Å². The minimum Gasteiger partial charge on any atom is -0.477 e. The highest BCUT2D eigenvalue weighted by Gasteiger charge is 2.07. The van der Waals surface area contributed by atoms with Crippen molar-refractivity contribution in [1.29, 1.82) is 0 Å². The van der Waals surface area contributed by atoms with Gasteiger partial charge in [-0.1, -0.05) is 6.08 Å². The van der Waals surface area contributed by atoms with Crippen molar-refractivity contribution in [2.24, 2.45) is 0 Å². The second-order valence-electron chi connectivity index (χ2n) is 3.64. The van der Waals surface area contributed by atoms with Crippen molar-refractivity contribution in [2.45, 2.75) is 13.3 Å². The van der Waals surface area contributed by atoms with Crippen LogP contribution in [0.3, 0.4) is 0 Å². The van der Waals surface area contributed by atoms with Gasteiger partial charge in [0.25, 0.3) is 0 Å². The van der Waals surface area contributed by atoms with Crippen molar-refractivity contribution in [3.05, 3.63) is 30.1 Å². The summed E-state index contributed by atoms with van der Waals surface area (Å²) in [6, 6.07) is 1.42. The topological polar surface area (TPSA) is 84.3 Å². The highest BCUT2D eigenvalue weighted by atomic mass is 16.5. The fraction of sp³-hybridized carbons (Fsp3) is 0.417. The molecule has 1 heterocycles. The first kappa shape index (κ1) is 14.1. The molecule has 1 rings (SSSR count). The van der Waals surface area contributed by atoms with Gasteiger partial charge in [0.2, 0.25) is 5.95 Å². The summed E-state index contributed by atoms with van der Waals surface area (Å²) in [5.41, 5.74) is 0.593. The zero-order valence-corrected chi connectivity index (χ0v) is 10.3. The molecule has 0 amide bonds. The lowest BCUT2D eigenvalue weighted by atomic mass is 10.3. The number of hydrogen-bond acceptors (Lipinski definition) is 5. The highest BCUT2D eigenvalue weighted by molar-refractivity contribution is 5.85. The van der Waals surface area contributed by atoms with Crippen molar-refractivity contribution in [3.8, 4) is 0 Å². The Balaban J connectivity index is 2.42. The number of anilines is 1. The summed E-state index contributed by atoms with van der Waals surface area (Å²) >= 11 is 0. The third-order valence-electron chi connectivity index (χ3n) is 2.07. The molecular formula is C12H17N3O3. The number of nitrogens with one attached hydrogen (secondary N) is 1. The molecule has 0 bridgehead atoms. The predicted molar refractivity (Wildman–Crippen MR) is 67.9 cm³/mol. The Morgan fingerprint density at radius 1 is 1.56 bits per heavy atom. The monoisotopic (exact) mass is 251 g/mol. The molecule has 0 aliphatic rings. The van der Waals surface area contributed by atoms with Crippen molar-refractivity contribution in [2.75, 3.05) is 25.1 Å². The summed E-state index contributed by atoms with van der Waals surface area (Å²) < 4.78 is 5.30. The van der Waals surface area contributed by atoms with Gasteiger partial charge in [-0.25, -0.2) is 14.8 Å². The second kappa shape index (κ2) is 7.39. The maximum atomic E-state index is 10.8. The van der Waals surface area contributed by atoms with Gasteiger partial charge < -0.3 is 15.2 Å².